The maximum absolute atomic E-state index is 5.50. The van der Waals surface area contributed by atoms with E-state index in [1.807, 2.05) is 41.9 Å². The normalized spacial score (nSPS) is 10.9. The lowest BCUT2D eigenvalue weighted by Crippen LogP contribution is -2.23. The predicted molar refractivity (Wildman–Crippen MR) is 82.5 cm³/mol. The Labute approximate surface area is 128 Å². The van der Waals surface area contributed by atoms with Crippen molar-refractivity contribution in [2.75, 3.05) is 19.3 Å². The summed E-state index contributed by atoms with van der Waals surface area (Å²) in [5.74, 6) is 0.578. The summed E-state index contributed by atoms with van der Waals surface area (Å²) in [6, 6.07) is 10.3. The number of ether oxygens (including phenoxy) is 1. The Bertz CT molecular complexity index is 772. The predicted octanol–water partition coefficient (Wildman–Crippen LogP) is 1.94. The summed E-state index contributed by atoms with van der Waals surface area (Å²) in [7, 11) is 5.02. The molecule has 7 heteroatoms. The van der Waals surface area contributed by atoms with Gasteiger partial charge in [-0.3, -0.25) is 4.84 Å². The van der Waals surface area contributed by atoms with Crippen molar-refractivity contribution in [2.45, 2.75) is 6.54 Å². The van der Waals surface area contributed by atoms with Crippen LogP contribution >= 0.6 is 0 Å². The number of fused-ring (bicyclic) bond motifs is 1. The molecule has 0 aliphatic heterocycles. The monoisotopic (exact) mass is 299 g/mol. The average Bonchev–Trinajstić information content (AvgIpc) is 2.94. The smallest absolute Gasteiger partial charge is 0.320 e. The molecule has 0 spiro atoms. The van der Waals surface area contributed by atoms with E-state index in [0.29, 0.717) is 23.5 Å². The zero-order valence-corrected chi connectivity index (χ0v) is 12.7. The number of hydrogen-bond donors (Lipinski definition) is 0. The van der Waals surface area contributed by atoms with E-state index in [9.17, 15) is 0 Å². The number of hydrogen-bond acceptors (Lipinski definition) is 6. The Hall–Kier alpha value is -2.67. The van der Waals surface area contributed by atoms with Crippen LogP contribution in [0.25, 0.3) is 11.2 Å². The summed E-state index contributed by atoms with van der Waals surface area (Å²) < 4.78 is 7.01. The van der Waals surface area contributed by atoms with Crippen LogP contribution in [0, 0.1) is 0 Å². The molecule has 0 unspecified atom stereocenters. The zero-order valence-electron chi connectivity index (χ0n) is 12.7. The second-order valence-corrected chi connectivity index (χ2v) is 4.77. The molecule has 0 saturated carbocycles. The van der Waals surface area contributed by atoms with Gasteiger partial charge in [-0.15, -0.1) is 0 Å². The molecule has 2 heterocycles. The first-order valence-corrected chi connectivity index (χ1v) is 6.81. The van der Waals surface area contributed by atoms with Crippen molar-refractivity contribution < 1.29 is 9.57 Å². The highest BCUT2D eigenvalue weighted by molar-refractivity contribution is 5.83. The van der Waals surface area contributed by atoms with Crippen LogP contribution in [-0.4, -0.2) is 33.7 Å². The molecule has 0 bridgehead atoms. The Morgan fingerprint density at radius 3 is 2.59 bits per heavy atom. The van der Waals surface area contributed by atoms with Crippen molar-refractivity contribution in [3.8, 4) is 6.01 Å². The summed E-state index contributed by atoms with van der Waals surface area (Å²) in [6.45, 7) is 0.545. The lowest BCUT2D eigenvalue weighted by Gasteiger charge is -2.21. The highest BCUT2D eigenvalue weighted by atomic mass is 16.7. The number of benzene rings is 1. The van der Waals surface area contributed by atoms with Gasteiger partial charge in [0.05, 0.1) is 27.1 Å². The molecule has 0 N–H and O–H groups in total. The van der Waals surface area contributed by atoms with E-state index in [2.05, 4.69) is 15.0 Å². The van der Waals surface area contributed by atoms with Crippen molar-refractivity contribution in [3.63, 3.8) is 0 Å². The van der Waals surface area contributed by atoms with Gasteiger partial charge in [0, 0.05) is 7.05 Å². The number of methoxy groups -OCH3 is 1. The Balaban J connectivity index is 2.06. The van der Waals surface area contributed by atoms with Gasteiger partial charge in [-0.25, -0.2) is 10.0 Å². The molecule has 3 aromatic rings. The topological polar surface area (TPSA) is 65.3 Å². The maximum Gasteiger partial charge on any atom is 0.320 e. The van der Waals surface area contributed by atoms with Crippen LogP contribution in [0.1, 0.15) is 5.56 Å². The minimum Gasteiger partial charge on any atom is -0.467 e. The fraction of sp³-hybridized carbons (Fsp3) is 0.267. The molecule has 22 heavy (non-hydrogen) atoms. The molecule has 0 radical (unpaired) electrons. The minimum absolute atomic E-state index is 0.279. The molecule has 0 aliphatic rings. The van der Waals surface area contributed by atoms with E-state index in [0.717, 1.165) is 5.56 Å². The van der Waals surface area contributed by atoms with Gasteiger partial charge in [0.25, 0.3) is 0 Å². The number of anilines is 1. The SMILES string of the molecule is COc1nc(N(Cc2ccccc2)OC)c2ncn(C)c2n1. The summed E-state index contributed by atoms with van der Waals surface area (Å²) in [5.41, 5.74) is 2.46. The Kier molecular flexibility index (Phi) is 3.88. The first-order chi connectivity index (χ1) is 10.7. The minimum atomic E-state index is 0.279. The maximum atomic E-state index is 5.50. The molecule has 0 fully saturated rings. The Morgan fingerprint density at radius 2 is 1.91 bits per heavy atom. The van der Waals surface area contributed by atoms with Gasteiger partial charge in [0.1, 0.15) is 0 Å². The number of aromatic nitrogens is 4. The van der Waals surface area contributed by atoms with E-state index in [-0.39, 0.29) is 6.01 Å². The number of aryl methyl sites for hydroxylation is 1. The number of rotatable bonds is 5. The fourth-order valence-electron chi connectivity index (χ4n) is 2.21. The van der Waals surface area contributed by atoms with Crippen molar-refractivity contribution in [1.29, 1.82) is 0 Å². The van der Waals surface area contributed by atoms with E-state index >= 15 is 0 Å². The van der Waals surface area contributed by atoms with Gasteiger partial charge in [-0.2, -0.15) is 9.97 Å². The number of nitrogens with zero attached hydrogens (tertiary/aromatic N) is 5. The molecule has 3 rings (SSSR count). The van der Waals surface area contributed by atoms with E-state index in [1.165, 1.54) is 7.11 Å². The molecule has 2 aromatic heterocycles. The van der Waals surface area contributed by atoms with Crippen LogP contribution in [0.5, 0.6) is 6.01 Å². The second-order valence-electron chi connectivity index (χ2n) is 4.77. The molecule has 1 aromatic carbocycles. The summed E-state index contributed by atoms with van der Waals surface area (Å²) in [5, 5.41) is 1.68. The van der Waals surface area contributed by atoms with Crippen molar-refractivity contribution in [1.82, 2.24) is 19.5 Å². The third kappa shape index (κ3) is 2.58. The quantitative estimate of drug-likeness (QED) is 0.671. The molecule has 0 saturated heterocycles. The Morgan fingerprint density at radius 1 is 1.14 bits per heavy atom. The highest BCUT2D eigenvalue weighted by Crippen LogP contribution is 2.25. The lowest BCUT2D eigenvalue weighted by atomic mass is 10.2. The molecule has 114 valence electrons. The van der Waals surface area contributed by atoms with E-state index < -0.39 is 0 Å². The van der Waals surface area contributed by atoms with Crippen LogP contribution in [-0.2, 0) is 18.4 Å². The summed E-state index contributed by atoms with van der Waals surface area (Å²) >= 11 is 0. The third-order valence-electron chi connectivity index (χ3n) is 3.33. The first-order valence-electron chi connectivity index (χ1n) is 6.81. The third-order valence-corrected chi connectivity index (χ3v) is 3.33. The molecule has 0 atom stereocenters. The van der Waals surface area contributed by atoms with Gasteiger partial charge in [-0.1, -0.05) is 30.3 Å². The second kappa shape index (κ2) is 5.98. The summed E-state index contributed by atoms with van der Waals surface area (Å²) in [4.78, 5) is 18.6. The first kappa shape index (κ1) is 14.3. The van der Waals surface area contributed by atoms with Crippen LogP contribution in [0.15, 0.2) is 36.7 Å². The van der Waals surface area contributed by atoms with Gasteiger partial charge in [0.2, 0.25) is 0 Å². The van der Waals surface area contributed by atoms with E-state index in [4.69, 9.17) is 9.57 Å². The van der Waals surface area contributed by atoms with Crippen molar-refractivity contribution in [2.24, 2.45) is 7.05 Å². The molecular formula is C15H17N5O2. The van der Waals surface area contributed by atoms with Crippen molar-refractivity contribution >= 4 is 17.0 Å². The number of hydroxylamine groups is 1. The standard InChI is InChI=1S/C15H17N5O2/c1-19-10-16-12-13(19)17-15(21-2)18-14(12)20(22-3)9-11-7-5-4-6-8-11/h4-8,10H,9H2,1-3H3. The molecule has 0 aliphatic carbocycles. The molecule has 7 nitrogen and oxygen atoms in total. The van der Waals surface area contributed by atoms with Gasteiger partial charge < -0.3 is 9.30 Å². The van der Waals surface area contributed by atoms with Gasteiger partial charge in [-0.05, 0) is 5.56 Å². The van der Waals surface area contributed by atoms with Crippen LogP contribution in [0.4, 0.5) is 5.82 Å². The fourth-order valence-corrected chi connectivity index (χ4v) is 2.21. The number of imidazole rings is 1. The van der Waals surface area contributed by atoms with Crippen LogP contribution in [0.2, 0.25) is 0 Å². The van der Waals surface area contributed by atoms with Crippen LogP contribution in [0.3, 0.4) is 0 Å². The van der Waals surface area contributed by atoms with Gasteiger partial charge >= 0.3 is 6.01 Å². The van der Waals surface area contributed by atoms with Crippen LogP contribution < -0.4 is 9.80 Å². The molecule has 0 amide bonds. The van der Waals surface area contributed by atoms with Crippen molar-refractivity contribution in [3.05, 3.63) is 42.2 Å². The molecular weight excluding hydrogens is 282 g/mol. The average molecular weight is 299 g/mol. The largest absolute Gasteiger partial charge is 0.467 e. The lowest BCUT2D eigenvalue weighted by molar-refractivity contribution is 0.160. The zero-order chi connectivity index (χ0) is 15.5. The van der Waals surface area contributed by atoms with E-state index in [1.54, 1.807) is 18.5 Å². The summed E-state index contributed by atoms with van der Waals surface area (Å²) in [6.07, 6.45) is 1.69. The highest BCUT2D eigenvalue weighted by Gasteiger charge is 2.18. The van der Waals surface area contributed by atoms with Gasteiger partial charge in [0.15, 0.2) is 17.0 Å².